The van der Waals surface area contributed by atoms with E-state index in [1.54, 1.807) is 11.1 Å². The minimum absolute atomic E-state index is 0.389. The molecule has 18 heavy (non-hydrogen) atoms. The van der Waals surface area contributed by atoms with E-state index in [1.165, 1.54) is 19.3 Å². The molecule has 1 aliphatic rings. The molecule has 0 bridgehead atoms. The average Bonchev–Trinajstić information content (AvgIpc) is 2.34. The van der Waals surface area contributed by atoms with Gasteiger partial charge in [-0.25, -0.2) is 0 Å². The SMILES string of the molecule is CCNC(CC1Cc2ccccc21)C(C)(C)CC. The molecule has 1 heteroatoms. The maximum absolute atomic E-state index is 3.70. The Morgan fingerprint density at radius 1 is 1.28 bits per heavy atom. The summed E-state index contributed by atoms with van der Waals surface area (Å²) in [6, 6.07) is 9.56. The number of nitrogens with one attached hydrogen (secondary N) is 1. The number of hydrogen-bond acceptors (Lipinski definition) is 1. The first kappa shape index (κ1) is 13.6. The number of rotatable bonds is 6. The van der Waals surface area contributed by atoms with Gasteiger partial charge in [0.05, 0.1) is 0 Å². The predicted octanol–water partition coefficient (Wildman–Crippen LogP) is 4.13. The third-order valence-electron chi connectivity index (χ3n) is 4.79. The van der Waals surface area contributed by atoms with E-state index in [2.05, 4.69) is 57.3 Å². The fraction of sp³-hybridized carbons (Fsp3) is 0.647. The van der Waals surface area contributed by atoms with Gasteiger partial charge in [0.15, 0.2) is 0 Å². The van der Waals surface area contributed by atoms with Gasteiger partial charge in [-0.15, -0.1) is 0 Å². The van der Waals surface area contributed by atoms with Gasteiger partial charge in [0, 0.05) is 6.04 Å². The lowest BCUT2D eigenvalue weighted by Crippen LogP contribution is -2.43. The van der Waals surface area contributed by atoms with Crippen molar-refractivity contribution in [3.8, 4) is 0 Å². The summed E-state index contributed by atoms with van der Waals surface area (Å²) in [5.74, 6) is 0.774. The Balaban J connectivity index is 2.04. The monoisotopic (exact) mass is 245 g/mol. The second kappa shape index (κ2) is 5.44. The quantitative estimate of drug-likeness (QED) is 0.794. The molecular formula is C17H27N. The maximum atomic E-state index is 3.70. The maximum Gasteiger partial charge on any atom is 0.0124 e. The molecule has 0 saturated carbocycles. The van der Waals surface area contributed by atoms with Crippen molar-refractivity contribution in [1.29, 1.82) is 0 Å². The molecule has 2 atom stereocenters. The Morgan fingerprint density at radius 3 is 2.61 bits per heavy atom. The van der Waals surface area contributed by atoms with Crippen molar-refractivity contribution < 1.29 is 0 Å². The second-order valence-electron chi connectivity index (χ2n) is 6.29. The Kier molecular flexibility index (Phi) is 4.11. The molecule has 0 spiro atoms. The van der Waals surface area contributed by atoms with Gasteiger partial charge in [-0.3, -0.25) is 0 Å². The van der Waals surface area contributed by atoms with Crippen LogP contribution in [0.5, 0.6) is 0 Å². The van der Waals surface area contributed by atoms with Gasteiger partial charge < -0.3 is 5.32 Å². The fourth-order valence-corrected chi connectivity index (χ4v) is 3.03. The van der Waals surface area contributed by atoms with Crippen molar-refractivity contribution in [2.45, 2.75) is 58.9 Å². The van der Waals surface area contributed by atoms with E-state index >= 15 is 0 Å². The molecule has 2 unspecified atom stereocenters. The molecule has 1 aromatic rings. The van der Waals surface area contributed by atoms with Crippen LogP contribution in [-0.2, 0) is 6.42 Å². The van der Waals surface area contributed by atoms with Gasteiger partial charge in [0.25, 0.3) is 0 Å². The lowest BCUT2D eigenvalue weighted by atomic mass is 9.69. The summed E-state index contributed by atoms with van der Waals surface area (Å²) in [4.78, 5) is 0. The summed E-state index contributed by atoms with van der Waals surface area (Å²) in [5, 5.41) is 3.70. The minimum Gasteiger partial charge on any atom is -0.314 e. The summed E-state index contributed by atoms with van der Waals surface area (Å²) in [7, 11) is 0. The Morgan fingerprint density at radius 2 is 2.00 bits per heavy atom. The first-order valence-electron chi connectivity index (χ1n) is 7.39. The van der Waals surface area contributed by atoms with E-state index in [9.17, 15) is 0 Å². The van der Waals surface area contributed by atoms with Crippen LogP contribution in [0, 0.1) is 5.41 Å². The number of fused-ring (bicyclic) bond motifs is 1. The van der Waals surface area contributed by atoms with Gasteiger partial charge >= 0.3 is 0 Å². The molecule has 2 rings (SSSR count). The van der Waals surface area contributed by atoms with Crippen LogP contribution in [0.15, 0.2) is 24.3 Å². The molecule has 0 heterocycles. The largest absolute Gasteiger partial charge is 0.314 e. The van der Waals surface area contributed by atoms with Gasteiger partial charge in [-0.1, -0.05) is 52.0 Å². The van der Waals surface area contributed by atoms with Crippen molar-refractivity contribution in [2.75, 3.05) is 6.54 Å². The standard InChI is InChI=1S/C17H27N/c1-5-17(3,4)16(18-6-2)12-14-11-13-9-7-8-10-15(13)14/h7-10,14,16,18H,5-6,11-12H2,1-4H3. The molecule has 1 N–H and O–H groups in total. The molecule has 0 amide bonds. The van der Waals surface area contributed by atoms with Crippen LogP contribution in [-0.4, -0.2) is 12.6 Å². The lowest BCUT2D eigenvalue weighted by molar-refractivity contribution is 0.208. The number of hydrogen-bond donors (Lipinski definition) is 1. The van der Waals surface area contributed by atoms with Crippen molar-refractivity contribution in [3.05, 3.63) is 35.4 Å². The Labute approximate surface area is 112 Å². The Bertz CT molecular complexity index is 394. The van der Waals surface area contributed by atoms with Crippen LogP contribution < -0.4 is 5.32 Å². The third kappa shape index (κ3) is 2.61. The normalized spacial score (nSPS) is 20.1. The van der Waals surface area contributed by atoms with Crippen molar-refractivity contribution in [3.63, 3.8) is 0 Å². The molecule has 1 aliphatic carbocycles. The first-order valence-corrected chi connectivity index (χ1v) is 7.39. The zero-order chi connectivity index (χ0) is 13.2. The number of benzene rings is 1. The zero-order valence-corrected chi connectivity index (χ0v) is 12.3. The van der Waals surface area contributed by atoms with E-state index in [-0.39, 0.29) is 0 Å². The molecule has 100 valence electrons. The summed E-state index contributed by atoms with van der Waals surface area (Å²) >= 11 is 0. The minimum atomic E-state index is 0.389. The van der Waals surface area contributed by atoms with Crippen LogP contribution in [0.2, 0.25) is 0 Å². The van der Waals surface area contributed by atoms with Gasteiger partial charge in [0.2, 0.25) is 0 Å². The first-order chi connectivity index (χ1) is 8.58. The predicted molar refractivity (Wildman–Crippen MR) is 79.0 cm³/mol. The average molecular weight is 245 g/mol. The molecular weight excluding hydrogens is 218 g/mol. The molecule has 1 nitrogen and oxygen atoms in total. The van der Waals surface area contributed by atoms with E-state index in [1.807, 2.05) is 0 Å². The fourth-order valence-electron chi connectivity index (χ4n) is 3.03. The summed E-state index contributed by atoms with van der Waals surface area (Å²) in [5.41, 5.74) is 3.54. The van der Waals surface area contributed by atoms with Crippen LogP contribution >= 0.6 is 0 Å². The third-order valence-corrected chi connectivity index (χ3v) is 4.79. The highest BCUT2D eigenvalue weighted by atomic mass is 14.9. The smallest absolute Gasteiger partial charge is 0.0124 e. The van der Waals surface area contributed by atoms with Gasteiger partial charge in [0.1, 0.15) is 0 Å². The molecule has 0 fully saturated rings. The lowest BCUT2D eigenvalue weighted by Gasteiger charge is -2.40. The highest BCUT2D eigenvalue weighted by Crippen LogP contribution is 2.41. The summed E-state index contributed by atoms with van der Waals surface area (Å²) < 4.78 is 0. The summed E-state index contributed by atoms with van der Waals surface area (Å²) in [6.45, 7) is 10.4. The van der Waals surface area contributed by atoms with Crippen molar-refractivity contribution in [1.82, 2.24) is 5.32 Å². The Hall–Kier alpha value is -0.820. The summed E-state index contributed by atoms with van der Waals surface area (Å²) in [6.07, 6.45) is 3.79. The van der Waals surface area contributed by atoms with Crippen LogP contribution in [0.25, 0.3) is 0 Å². The van der Waals surface area contributed by atoms with Gasteiger partial charge in [-0.2, -0.15) is 0 Å². The van der Waals surface area contributed by atoms with Crippen LogP contribution in [0.4, 0.5) is 0 Å². The topological polar surface area (TPSA) is 12.0 Å². The van der Waals surface area contributed by atoms with Crippen molar-refractivity contribution in [2.24, 2.45) is 5.41 Å². The van der Waals surface area contributed by atoms with Gasteiger partial charge in [-0.05, 0) is 48.3 Å². The van der Waals surface area contributed by atoms with Crippen LogP contribution in [0.1, 0.15) is 57.6 Å². The van der Waals surface area contributed by atoms with E-state index in [0.29, 0.717) is 11.5 Å². The highest BCUT2D eigenvalue weighted by molar-refractivity contribution is 5.40. The molecule has 0 aliphatic heterocycles. The van der Waals surface area contributed by atoms with Crippen LogP contribution in [0.3, 0.4) is 0 Å². The highest BCUT2D eigenvalue weighted by Gasteiger charge is 2.33. The molecule has 1 aromatic carbocycles. The van der Waals surface area contributed by atoms with E-state index in [4.69, 9.17) is 0 Å². The van der Waals surface area contributed by atoms with E-state index < -0.39 is 0 Å². The molecule has 0 aromatic heterocycles. The second-order valence-corrected chi connectivity index (χ2v) is 6.29. The zero-order valence-electron chi connectivity index (χ0n) is 12.3. The molecule has 0 radical (unpaired) electrons. The molecule has 0 saturated heterocycles. The van der Waals surface area contributed by atoms with Crippen molar-refractivity contribution >= 4 is 0 Å². The van der Waals surface area contributed by atoms with E-state index in [0.717, 1.165) is 12.5 Å².